The van der Waals surface area contributed by atoms with Gasteiger partial charge in [0.05, 0.1) is 11.6 Å². The molecule has 1 aromatic carbocycles. The molecule has 1 fully saturated rings. The first kappa shape index (κ1) is 32.7. The number of aromatic hydroxyl groups is 1. The van der Waals surface area contributed by atoms with E-state index in [0.29, 0.717) is 18.5 Å². The molecule has 0 radical (unpaired) electrons. The predicted molar refractivity (Wildman–Crippen MR) is 163 cm³/mol. The maximum atomic E-state index is 14.2. The van der Waals surface area contributed by atoms with Crippen LogP contribution in [0, 0.1) is 11.8 Å². The number of unbranched alkanes of at least 4 members (excludes halogenated alkanes) is 2. The minimum absolute atomic E-state index is 0.0503. The number of carbonyl (C=O) groups excluding carboxylic acids is 3. The Morgan fingerprint density at radius 3 is 2.21 bits per heavy atom. The molecule has 0 aromatic heterocycles. The van der Waals surface area contributed by atoms with E-state index in [4.69, 9.17) is 5.73 Å². The van der Waals surface area contributed by atoms with E-state index in [1.54, 1.807) is 14.1 Å². The number of nitrogens with zero attached hydrogens (tertiary/aromatic N) is 2. The smallest absolute Gasteiger partial charge is 0.255 e. The molecule has 0 spiro atoms. The van der Waals surface area contributed by atoms with Crippen molar-refractivity contribution in [1.29, 1.82) is 0 Å². The summed E-state index contributed by atoms with van der Waals surface area (Å²) in [5.41, 5.74) is 4.35. The maximum Gasteiger partial charge on any atom is 0.255 e. The van der Waals surface area contributed by atoms with Crippen molar-refractivity contribution in [3.8, 4) is 5.75 Å². The highest BCUT2D eigenvalue weighted by Crippen LogP contribution is 2.53. The van der Waals surface area contributed by atoms with Gasteiger partial charge in [0.25, 0.3) is 5.91 Å². The number of fused-ring (bicyclic) bond motifs is 3. The molecule has 1 aromatic rings. The van der Waals surface area contributed by atoms with E-state index in [1.165, 1.54) is 4.90 Å². The van der Waals surface area contributed by atoms with Crippen LogP contribution in [-0.2, 0) is 27.3 Å². The van der Waals surface area contributed by atoms with E-state index in [0.717, 1.165) is 49.9 Å². The lowest BCUT2D eigenvalue weighted by atomic mass is 9.57. The first-order valence-electron chi connectivity index (χ1n) is 15.5. The Hall–Kier alpha value is -3.21. The molecule has 3 aliphatic rings. The fourth-order valence-electron chi connectivity index (χ4n) is 7.31. The second kappa shape index (κ2) is 12.4. The molecule has 236 valence electrons. The van der Waals surface area contributed by atoms with Crippen molar-refractivity contribution in [3.63, 3.8) is 0 Å². The summed E-state index contributed by atoms with van der Waals surface area (Å²) >= 11 is 0. The summed E-state index contributed by atoms with van der Waals surface area (Å²) in [5.74, 6) is -6.24. The number of ketones is 2. The summed E-state index contributed by atoms with van der Waals surface area (Å²) in [4.78, 5) is 43.5. The Morgan fingerprint density at radius 2 is 1.70 bits per heavy atom. The molecule has 0 bridgehead atoms. The Labute approximate surface area is 253 Å². The van der Waals surface area contributed by atoms with Gasteiger partial charge in [-0.05, 0) is 75.8 Å². The quantitative estimate of drug-likeness (QED) is 0.240. The van der Waals surface area contributed by atoms with Crippen LogP contribution >= 0.6 is 0 Å². The van der Waals surface area contributed by atoms with Gasteiger partial charge in [-0.3, -0.25) is 24.2 Å². The number of phenols is 1. The number of amides is 1. The first-order chi connectivity index (χ1) is 20.2. The molecule has 1 amide bonds. The number of Topliss-reactive ketones (excluding diaryl/α,β-unsaturated/α-hetero) is 2. The molecule has 6 N–H and O–H groups in total. The lowest BCUT2D eigenvalue weighted by Gasteiger charge is -2.50. The topological polar surface area (TPSA) is 165 Å². The molecule has 10 heteroatoms. The van der Waals surface area contributed by atoms with Crippen molar-refractivity contribution in [2.75, 3.05) is 27.2 Å². The highest BCUT2D eigenvalue weighted by molar-refractivity contribution is 6.24. The lowest BCUT2D eigenvalue weighted by molar-refractivity contribution is -0.153. The number of nitrogens with two attached hydrogens (primary N) is 1. The molecule has 0 unspecified atom stereocenters. The fraction of sp³-hybridized carbons (Fsp3) is 0.606. The van der Waals surface area contributed by atoms with E-state index in [1.807, 2.05) is 19.9 Å². The molecule has 43 heavy (non-hydrogen) atoms. The van der Waals surface area contributed by atoms with E-state index in [2.05, 4.69) is 18.7 Å². The zero-order valence-electron chi connectivity index (χ0n) is 26.2. The predicted octanol–water partition coefficient (Wildman–Crippen LogP) is 3.49. The summed E-state index contributed by atoms with van der Waals surface area (Å²) in [6, 6.07) is 0.902. The average molecular weight is 598 g/mol. The first-order valence-corrected chi connectivity index (χ1v) is 15.5. The third-order valence-electron chi connectivity index (χ3n) is 9.51. The zero-order chi connectivity index (χ0) is 32.0. The van der Waals surface area contributed by atoms with Gasteiger partial charge in [-0.15, -0.1) is 0 Å². The molecule has 0 heterocycles. The molecule has 0 aliphatic heterocycles. The fourth-order valence-corrected chi connectivity index (χ4v) is 7.31. The standard InChI is InChI=1S/C33H47N3O7/c1-7-9-11-36(12-10-8-2)16-19-14-20(17(3)4)21-13-18-15-22-26(35(5)6)29(39)25(32(34)42)31(41)33(22,43)30(40)23(18)28(38)24(21)27(19)37/h14,17-18,22,26,37-38,41,43H,7-13,15-16H2,1-6H3,(H2,34,42)/t18-,22-,26-,33-/m0/s1. The third kappa shape index (κ3) is 5.38. The largest absolute Gasteiger partial charge is 0.508 e. The lowest BCUT2D eigenvalue weighted by Crippen LogP contribution is -2.65. The van der Waals surface area contributed by atoms with Crippen molar-refractivity contribution < 1.29 is 34.8 Å². The molecule has 0 saturated heterocycles. The van der Waals surface area contributed by atoms with Gasteiger partial charge in [-0.25, -0.2) is 0 Å². The van der Waals surface area contributed by atoms with Crippen LogP contribution in [0.3, 0.4) is 0 Å². The molecule has 3 aliphatic carbocycles. The number of hydrogen-bond donors (Lipinski definition) is 5. The molecular formula is C33H47N3O7. The molecule has 10 nitrogen and oxygen atoms in total. The van der Waals surface area contributed by atoms with Crippen LogP contribution in [0.1, 0.15) is 88.0 Å². The Morgan fingerprint density at radius 1 is 1.09 bits per heavy atom. The van der Waals surface area contributed by atoms with Gasteiger partial charge < -0.3 is 26.2 Å². The van der Waals surface area contributed by atoms with Gasteiger partial charge in [0, 0.05) is 23.6 Å². The number of likely N-dealkylation sites (N-methyl/N-ethyl adjacent to an activating group) is 1. The number of carbonyl (C=O) groups is 3. The third-order valence-corrected chi connectivity index (χ3v) is 9.51. The van der Waals surface area contributed by atoms with Crippen LogP contribution in [-0.4, -0.2) is 86.5 Å². The summed E-state index contributed by atoms with van der Waals surface area (Å²) < 4.78 is 0. The maximum absolute atomic E-state index is 14.2. The van der Waals surface area contributed by atoms with E-state index in [9.17, 15) is 34.8 Å². The van der Waals surface area contributed by atoms with Crippen LogP contribution in [0.5, 0.6) is 5.75 Å². The summed E-state index contributed by atoms with van der Waals surface area (Å²) in [5, 5.41) is 46.3. The van der Waals surface area contributed by atoms with Crippen molar-refractivity contribution >= 4 is 23.2 Å². The van der Waals surface area contributed by atoms with Gasteiger partial charge in [0.1, 0.15) is 22.8 Å². The highest BCUT2D eigenvalue weighted by atomic mass is 16.3. The number of primary amides is 1. The van der Waals surface area contributed by atoms with Crippen molar-refractivity contribution in [2.45, 2.75) is 90.3 Å². The van der Waals surface area contributed by atoms with Gasteiger partial charge in [0.2, 0.25) is 5.78 Å². The number of benzene rings is 1. The number of aliphatic hydroxyl groups is 3. The number of aliphatic hydroxyl groups excluding tert-OH is 2. The summed E-state index contributed by atoms with van der Waals surface area (Å²) in [6.45, 7) is 10.6. The van der Waals surface area contributed by atoms with Gasteiger partial charge >= 0.3 is 0 Å². The van der Waals surface area contributed by atoms with Crippen LogP contribution in [0.15, 0.2) is 23.0 Å². The van der Waals surface area contributed by atoms with Crippen molar-refractivity contribution in [2.24, 2.45) is 17.6 Å². The van der Waals surface area contributed by atoms with Gasteiger partial charge in [-0.2, -0.15) is 0 Å². The van der Waals surface area contributed by atoms with Crippen molar-refractivity contribution in [1.82, 2.24) is 9.80 Å². The van der Waals surface area contributed by atoms with Crippen LogP contribution in [0.25, 0.3) is 5.76 Å². The molecular weight excluding hydrogens is 550 g/mol. The Kier molecular flexibility index (Phi) is 9.44. The Balaban J connectivity index is 1.90. The second-order valence-electron chi connectivity index (χ2n) is 12.9. The zero-order valence-corrected chi connectivity index (χ0v) is 26.2. The number of rotatable bonds is 11. The average Bonchev–Trinajstić information content (AvgIpc) is 2.92. The van der Waals surface area contributed by atoms with E-state index >= 15 is 0 Å². The van der Waals surface area contributed by atoms with Crippen LogP contribution in [0.2, 0.25) is 0 Å². The molecule has 4 atom stereocenters. The number of phenolic OH excluding ortho intramolecular Hbond substituents is 1. The monoisotopic (exact) mass is 597 g/mol. The van der Waals surface area contributed by atoms with Crippen LogP contribution < -0.4 is 5.73 Å². The van der Waals surface area contributed by atoms with Gasteiger partial charge in [0.15, 0.2) is 11.4 Å². The second-order valence-corrected chi connectivity index (χ2v) is 12.9. The van der Waals surface area contributed by atoms with Crippen molar-refractivity contribution in [3.05, 3.63) is 45.2 Å². The number of hydrogen-bond acceptors (Lipinski definition) is 9. The SMILES string of the molecule is CCCCN(CCCC)Cc1cc(C(C)C)c2c(c1O)C(O)=C1C(=O)[C@]3(O)C(O)=C(C(N)=O)C(=O)[C@@H](N(C)C)[C@@H]3C[C@@H]1C2. The molecule has 4 rings (SSSR count). The highest BCUT2D eigenvalue weighted by Gasteiger charge is 2.64. The normalized spacial score (nSPS) is 25.5. The molecule has 1 saturated carbocycles. The minimum atomic E-state index is -2.64. The summed E-state index contributed by atoms with van der Waals surface area (Å²) in [7, 11) is 3.18. The van der Waals surface area contributed by atoms with E-state index in [-0.39, 0.29) is 29.2 Å². The Bertz CT molecular complexity index is 1370. The minimum Gasteiger partial charge on any atom is -0.508 e. The van der Waals surface area contributed by atoms with Crippen LogP contribution in [0.4, 0.5) is 0 Å². The van der Waals surface area contributed by atoms with E-state index < -0.39 is 58.0 Å². The summed E-state index contributed by atoms with van der Waals surface area (Å²) in [6.07, 6.45) is 4.47. The van der Waals surface area contributed by atoms with Gasteiger partial charge in [-0.1, -0.05) is 46.6 Å².